The summed E-state index contributed by atoms with van der Waals surface area (Å²) in [5.41, 5.74) is 3.09. The van der Waals surface area contributed by atoms with Gasteiger partial charge in [0.15, 0.2) is 11.1 Å². The van der Waals surface area contributed by atoms with Gasteiger partial charge in [-0.25, -0.2) is 4.21 Å². The maximum absolute atomic E-state index is 10.8. The molecule has 1 unspecified atom stereocenters. The van der Waals surface area contributed by atoms with Crippen LogP contribution >= 0.6 is 0 Å². The number of benzene rings is 1. The molecule has 0 aliphatic rings. The van der Waals surface area contributed by atoms with E-state index in [1.54, 1.807) is 24.3 Å². The van der Waals surface area contributed by atoms with Gasteiger partial charge in [0.25, 0.3) is 0 Å². The maximum atomic E-state index is 10.8. The first-order valence-electron chi connectivity index (χ1n) is 5.82. The molecule has 19 heavy (non-hydrogen) atoms. The molecule has 2 aromatic rings. The van der Waals surface area contributed by atoms with Crippen LogP contribution in [0.5, 0.6) is 5.75 Å². The Hall–Kier alpha value is -1.66. The van der Waals surface area contributed by atoms with E-state index in [1.807, 2.05) is 25.6 Å². The molecule has 2 rings (SSSR count). The van der Waals surface area contributed by atoms with Gasteiger partial charge in [0.1, 0.15) is 12.4 Å². The zero-order valence-corrected chi connectivity index (χ0v) is 11.9. The second kappa shape index (κ2) is 5.54. The van der Waals surface area contributed by atoms with Crippen LogP contribution in [0.1, 0.15) is 17.0 Å². The van der Waals surface area contributed by atoms with Gasteiger partial charge in [-0.3, -0.25) is 4.68 Å². The van der Waals surface area contributed by atoms with Crippen LogP contribution in [0.25, 0.3) is 0 Å². The van der Waals surface area contributed by atoms with Crippen molar-refractivity contribution in [2.75, 3.05) is 0 Å². The Labute approximate surface area is 114 Å². The molecule has 1 heterocycles. The summed E-state index contributed by atoms with van der Waals surface area (Å²) < 4.78 is 27.3. The van der Waals surface area contributed by atoms with E-state index in [0.29, 0.717) is 17.3 Å². The highest BCUT2D eigenvalue weighted by molar-refractivity contribution is 7.79. The summed E-state index contributed by atoms with van der Waals surface area (Å²) in [5, 5.41) is 4.32. The summed E-state index contributed by atoms with van der Waals surface area (Å²) in [4.78, 5) is 0.362. The van der Waals surface area contributed by atoms with E-state index in [-0.39, 0.29) is 0 Å². The minimum atomic E-state index is -1.95. The van der Waals surface area contributed by atoms with Gasteiger partial charge in [-0.2, -0.15) is 5.10 Å². The molecule has 1 aromatic heterocycles. The molecule has 0 saturated heterocycles. The lowest BCUT2D eigenvalue weighted by Gasteiger charge is -2.07. The largest absolute Gasteiger partial charge is 0.489 e. The molecule has 0 fully saturated rings. The number of nitrogens with zero attached hydrogens (tertiary/aromatic N) is 2. The van der Waals surface area contributed by atoms with Crippen molar-refractivity contribution in [1.82, 2.24) is 9.78 Å². The number of ether oxygens (including phenoxy) is 1. The Morgan fingerprint density at radius 2 is 1.95 bits per heavy atom. The average Bonchev–Trinajstić information content (AvgIpc) is 2.62. The van der Waals surface area contributed by atoms with Gasteiger partial charge >= 0.3 is 0 Å². The molecule has 0 amide bonds. The van der Waals surface area contributed by atoms with Crippen molar-refractivity contribution >= 4 is 11.1 Å². The molecule has 0 saturated carbocycles. The molecule has 102 valence electrons. The van der Waals surface area contributed by atoms with Crippen LogP contribution in [0, 0.1) is 13.8 Å². The summed E-state index contributed by atoms with van der Waals surface area (Å²) in [6, 6.07) is 6.53. The van der Waals surface area contributed by atoms with Crippen molar-refractivity contribution in [1.29, 1.82) is 0 Å². The van der Waals surface area contributed by atoms with E-state index in [9.17, 15) is 4.21 Å². The molecule has 1 N–H and O–H groups in total. The highest BCUT2D eigenvalue weighted by Crippen LogP contribution is 2.18. The standard InChI is InChI=1S/C13H16N2O3S/c1-9-13(10(2)15(3)14-9)8-18-11-4-6-12(7-5-11)19(16)17/h4-7H,8H2,1-3H3,(H,16,17). The second-order valence-electron chi connectivity index (χ2n) is 4.28. The first-order chi connectivity index (χ1) is 8.99. The van der Waals surface area contributed by atoms with Gasteiger partial charge in [0, 0.05) is 18.3 Å². The van der Waals surface area contributed by atoms with Gasteiger partial charge in [-0.15, -0.1) is 0 Å². The van der Waals surface area contributed by atoms with Crippen LogP contribution in [0.3, 0.4) is 0 Å². The minimum absolute atomic E-state index is 0.362. The van der Waals surface area contributed by atoms with E-state index in [4.69, 9.17) is 9.29 Å². The Morgan fingerprint density at radius 3 is 2.42 bits per heavy atom. The van der Waals surface area contributed by atoms with Crippen LogP contribution in [0.4, 0.5) is 0 Å². The van der Waals surface area contributed by atoms with Crippen molar-refractivity contribution in [3.63, 3.8) is 0 Å². The van der Waals surface area contributed by atoms with Gasteiger partial charge < -0.3 is 9.29 Å². The fourth-order valence-electron chi connectivity index (χ4n) is 1.83. The highest BCUT2D eigenvalue weighted by atomic mass is 32.2. The molecule has 0 spiro atoms. The molecule has 0 radical (unpaired) electrons. The topological polar surface area (TPSA) is 64.4 Å². The van der Waals surface area contributed by atoms with Crippen molar-refractivity contribution in [3.8, 4) is 5.75 Å². The van der Waals surface area contributed by atoms with E-state index in [0.717, 1.165) is 17.0 Å². The van der Waals surface area contributed by atoms with Crippen molar-refractivity contribution in [3.05, 3.63) is 41.2 Å². The molecule has 1 aromatic carbocycles. The normalized spacial score (nSPS) is 12.4. The van der Waals surface area contributed by atoms with Crippen molar-refractivity contribution in [2.24, 2.45) is 7.05 Å². The number of hydrogen-bond acceptors (Lipinski definition) is 3. The van der Waals surface area contributed by atoms with E-state index < -0.39 is 11.1 Å². The molecule has 0 bridgehead atoms. The molecule has 1 atom stereocenters. The summed E-state index contributed by atoms with van der Waals surface area (Å²) in [7, 11) is 1.90. The summed E-state index contributed by atoms with van der Waals surface area (Å²) >= 11 is -1.95. The third kappa shape index (κ3) is 3.02. The first-order valence-corrected chi connectivity index (χ1v) is 6.92. The number of hydrogen-bond donors (Lipinski definition) is 1. The van der Waals surface area contributed by atoms with Crippen LogP contribution in [0.15, 0.2) is 29.2 Å². The van der Waals surface area contributed by atoms with E-state index in [1.165, 1.54) is 0 Å². The SMILES string of the molecule is Cc1nn(C)c(C)c1COc1ccc(S(=O)O)cc1. The predicted octanol–water partition coefficient (Wildman–Crippen LogP) is 2.20. The van der Waals surface area contributed by atoms with Crippen LogP contribution in [-0.4, -0.2) is 18.5 Å². The van der Waals surface area contributed by atoms with E-state index in [2.05, 4.69) is 5.10 Å². The lowest BCUT2D eigenvalue weighted by atomic mass is 10.2. The van der Waals surface area contributed by atoms with Gasteiger partial charge in [-0.1, -0.05) is 0 Å². The third-order valence-electron chi connectivity index (χ3n) is 3.07. The highest BCUT2D eigenvalue weighted by Gasteiger charge is 2.10. The lowest BCUT2D eigenvalue weighted by molar-refractivity contribution is 0.304. The number of aromatic nitrogens is 2. The fourth-order valence-corrected chi connectivity index (χ4v) is 2.20. The monoisotopic (exact) mass is 280 g/mol. The second-order valence-corrected chi connectivity index (χ2v) is 5.25. The third-order valence-corrected chi connectivity index (χ3v) is 3.74. The number of aryl methyl sites for hydroxylation is 2. The summed E-state index contributed by atoms with van der Waals surface area (Å²) in [6.45, 7) is 4.38. The molecular formula is C13H16N2O3S. The summed E-state index contributed by atoms with van der Waals surface area (Å²) in [6.07, 6.45) is 0. The number of rotatable bonds is 4. The first kappa shape index (κ1) is 13.8. The Kier molecular flexibility index (Phi) is 4.01. The Bertz CT molecular complexity index is 605. The quantitative estimate of drug-likeness (QED) is 0.872. The summed E-state index contributed by atoms with van der Waals surface area (Å²) in [5.74, 6) is 0.664. The van der Waals surface area contributed by atoms with Crippen LogP contribution in [-0.2, 0) is 24.7 Å². The maximum Gasteiger partial charge on any atom is 0.186 e. The Morgan fingerprint density at radius 1 is 1.32 bits per heavy atom. The van der Waals surface area contributed by atoms with Gasteiger partial charge in [0.2, 0.25) is 0 Å². The van der Waals surface area contributed by atoms with Crippen LogP contribution in [0.2, 0.25) is 0 Å². The zero-order chi connectivity index (χ0) is 14.0. The molecular weight excluding hydrogens is 264 g/mol. The van der Waals surface area contributed by atoms with Gasteiger partial charge in [-0.05, 0) is 38.1 Å². The smallest absolute Gasteiger partial charge is 0.186 e. The molecule has 0 aliphatic heterocycles. The Balaban J connectivity index is 2.08. The predicted molar refractivity (Wildman–Crippen MR) is 72.5 cm³/mol. The van der Waals surface area contributed by atoms with E-state index >= 15 is 0 Å². The molecule has 0 aliphatic carbocycles. The average molecular weight is 280 g/mol. The van der Waals surface area contributed by atoms with Crippen molar-refractivity contribution < 1.29 is 13.5 Å². The lowest BCUT2D eigenvalue weighted by Crippen LogP contribution is -1.99. The van der Waals surface area contributed by atoms with Gasteiger partial charge in [0.05, 0.1) is 10.6 Å². The fraction of sp³-hybridized carbons (Fsp3) is 0.308. The zero-order valence-electron chi connectivity index (χ0n) is 11.1. The van der Waals surface area contributed by atoms with Crippen LogP contribution < -0.4 is 4.74 Å². The molecule has 6 heteroatoms. The molecule has 5 nitrogen and oxygen atoms in total. The minimum Gasteiger partial charge on any atom is -0.489 e. The van der Waals surface area contributed by atoms with Crippen molar-refractivity contribution in [2.45, 2.75) is 25.3 Å².